The van der Waals surface area contributed by atoms with Gasteiger partial charge in [0.15, 0.2) is 0 Å². The monoisotopic (exact) mass is 506 g/mol. The van der Waals surface area contributed by atoms with Crippen LogP contribution in [0.3, 0.4) is 0 Å². The van der Waals surface area contributed by atoms with Gasteiger partial charge in [-0.15, -0.1) is 0 Å². The van der Waals surface area contributed by atoms with Crippen LogP contribution in [0.2, 0.25) is 5.02 Å². The van der Waals surface area contributed by atoms with Crippen LogP contribution in [0, 0.1) is 11.8 Å². The number of amides is 2. The van der Waals surface area contributed by atoms with Crippen molar-refractivity contribution in [2.75, 3.05) is 71.4 Å². The van der Waals surface area contributed by atoms with E-state index in [1.807, 2.05) is 4.90 Å². The number of fused-ring (bicyclic) bond motifs is 1. The Hall–Kier alpha value is -2.07. The molecule has 2 amide bonds. The van der Waals surface area contributed by atoms with Gasteiger partial charge in [0.1, 0.15) is 5.75 Å². The third-order valence-electron chi connectivity index (χ3n) is 7.65. The van der Waals surface area contributed by atoms with E-state index in [0.717, 1.165) is 57.5 Å². The second kappa shape index (κ2) is 10.9. The number of benzene rings is 1. The summed E-state index contributed by atoms with van der Waals surface area (Å²) in [5, 5.41) is 3.37. The molecule has 5 rings (SSSR count). The van der Waals surface area contributed by atoms with Crippen LogP contribution in [0.4, 0.5) is 5.69 Å². The van der Waals surface area contributed by atoms with E-state index in [4.69, 9.17) is 31.5 Å². The number of carbonyl (C=O) groups is 2. The van der Waals surface area contributed by atoms with Crippen molar-refractivity contribution in [2.45, 2.75) is 31.8 Å². The predicted octanol–water partition coefficient (Wildman–Crippen LogP) is 1.56. The first kappa shape index (κ1) is 24.6. The van der Waals surface area contributed by atoms with E-state index < -0.39 is 0 Å². The molecule has 2 unspecified atom stereocenters. The van der Waals surface area contributed by atoms with Crippen molar-refractivity contribution in [1.29, 1.82) is 0 Å². The molecule has 3 saturated heterocycles. The highest BCUT2D eigenvalue weighted by Crippen LogP contribution is 2.38. The maximum atomic E-state index is 12.9. The van der Waals surface area contributed by atoms with Gasteiger partial charge >= 0.3 is 0 Å². The SMILES string of the molecule is Nc1c(Cl)cc(C(=O)NCC2CN(CC3CCN(C(=O)C4CCOC4)CC3)CCO2)c2c1CCO2. The summed E-state index contributed by atoms with van der Waals surface area (Å²) in [6, 6.07) is 1.58. The van der Waals surface area contributed by atoms with E-state index in [2.05, 4.69) is 10.2 Å². The minimum absolute atomic E-state index is 0.0543. The molecule has 0 spiro atoms. The molecule has 0 saturated carbocycles. The van der Waals surface area contributed by atoms with Crippen LogP contribution in [-0.2, 0) is 20.7 Å². The molecule has 2 atom stereocenters. The number of hydrogen-bond donors (Lipinski definition) is 2. The third-order valence-corrected chi connectivity index (χ3v) is 7.96. The van der Waals surface area contributed by atoms with Crippen molar-refractivity contribution >= 4 is 29.1 Å². The molecular formula is C25H35ClN4O5. The normalized spacial score (nSPS) is 25.3. The van der Waals surface area contributed by atoms with Crippen LogP contribution in [-0.4, -0.2) is 93.4 Å². The summed E-state index contributed by atoms with van der Waals surface area (Å²) in [6.07, 6.45) is 3.49. The largest absolute Gasteiger partial charge is 0.492 e. The van der Waals surface area contributed by atoms with E-state index in [9.17, 15) is 9.59 Å². The zero-order chi connectivity index (χ0) is 24.4. The molecule has 35 heavy (non-hydrogen) atoms. The number of carbonyl (C=O) groups excluding carboxylic acids is 2. The molecule has 3 N–H and O–H groups in total. The van der Waals surface area contributed by atoms with Crippen molar-refractivity contribution in [3.8, 4) is 5.75 Å². The van der Waals surface area contributed by atoms with Gasteiger partial charge in [0.05, 0.1) is 48.1 Å². The number of nitrogen functional groups attached to an aromatic ring is 1. The quantitative estimate of drug-likeness (QED) is 0.564. The Labute approximate surface area is 211 Å². The van der Waals surface area contributed by atoms with Crippen LogP contribution >= 0.6 is 11.6 Å². The van der Waals surface area contributed by atoms with E-state index in [1.165, 1.54) is 0 Å². The van der Waals surface area contributed by atoms with Gasteiger partial charge in [-0.1, -0.05) is 11.6 Å². The summed E-state index contributed by atoms with van der Waals surface area (Å²) < 4.78 is 17.0. The summed E-state index contributed by atoms with van der Waals surface area (Å²) in [7, 11) is 0. The van der Waals surface area contributed by atoms with Crippen molar-refractivity contribution in [3.63, 3.8) is 0 Å². The molecule has 10 heteroatoms. The fourth-order valence-electron chi connectivity index (χ4n) is 5.60. The molecule has 3 fully saturated rings. The maximum Gasteiger partial charge on any atom is 0.255 e. The van der Waals surface area contributed by atoms with Crippen molar-refractivity contribution < 1.29 is 23.8 Å². The Morgan fingerprint density at radius 3 is 2.74 bits per heavy atom. The third kappa shape index (κ3) is 5.53. The lowest BCUT2D eigenvalue weighted by atomic mass is 9.94. The van der Waals surface area contributed by atoms with E-state index in [0.29, 0.717) is 67.3 Å². The zero-order valence-corrected chi connectivity index (χ0v) is 20.9. The highest BCUT2D eigenvalue weighted by molar-refractivity contribution is 6.33. The zero-order valence-electron chi connectivity index (χ0n) is 20.1. The number of likely N-dealkylation sites (tertiary alicyclic amines) is 1. The standard InChI is InChI=1S/C25H35ClN4O5/c26-21-11-20(23-19(22(21)27)4-9-35-23)24(31)28-12-18-14-29(7-10-34-18)13-16-1-5-30(6-2-16)25(32)17-3-8-33-15-17/h11,16-18H,1-10,12-15,27H2,(H,28,31). The smallest absolute Gasteiger partial charge is 0.255 e. The second-order valence-electron chi connectivity index (χ2n) is 10.0. The van der Waals surface area contributed by atoms with Crippen LogP contribution in [0.15, 0.2) is 6.07 Å². The van der Waals surface area contributed by atoms with Gasteiger partial charge in [-0.25, -0.2) is 0 Å². The van der Waals surface area contributed by atoms with Crippen LogP contribution in [0.25, 0.3) is 0 Å². The lowest BCUT2D eigenvalue weighted by Crippen LogP contribution is -2.50. The van der Waals surface area contributed by atoms with Gasteiger partial charge < -0.3 is 30.2 Å². The minimum atomic E-state index is -0.226. The van der Waals surface area contributed by atoms with Gasteiger partial charge in [0.25, 0.3) is 5.91 Å². The van der Waals surface area contributed by atoms with Gasteiger partial charge in [0, 0.05) is 57.9 Å². The lowest BCUT2D eigenvalue weighted by Gasteiger charge is -2.38. The van der Waals surface area contributed by atoms with Crippen LogP contribution in [0.1, 0.15) is 35.2 Å². The number of nitrogens with one attached hydrogen (secondary N) is 1. The molecule has 0 aromatic heterocycles. The molecule has 0 radical (unpaired) electrons. The number of rotatable bonds is 6. The summed E-state index contributed by atoms with van der Waals surface area (Å²) >= 11 is 6.24. The molecule has 9 nitrogen and oxygen atoms in total. The van der Waals surface area contributed by atoms with Crippen molar-refractivity contribution in [3.05, 3.63) is 22.2 Å². The Bertz CT molecular complexity index is 946. The number of piperidine rings is 1. The van der Waals surface area contributed by atoms with Gasteiger partial charge in [-0.3, -0.25) is 14.5 Å². The maximum absolute atomic E-state index is 12.9. The summed E-state index contributed by atoms with van der Waals surface area (Å²) in [4.78, 5) is 30.0. The molecule has 0 bridgehead atoms. The topological polar surface area (TPSA) is 106 Å². The molecule has 4 heterocycles. The van der Waals surface area contributed by atoms with Crippen LogP contribution < -0.4 is 15.8 Å². The summed E-state index contributed by atoms with van der Waals surface area (Å²) in [6.45, 7) is 7.17. The van der Waals surface area contributed by atoms with Gasteiger partial charge in [-0.05, 0) is 31.2 Å². The molecule has 0 aliphatic carbocycles. The van der Waals surface area contributed by atoms with Crippen LogP contribution in [0.5, 0.6) is 5.75 Å². The lowest BCUT2D eigenvalue weighted by molar-refractivity contribution is -0.137. The molecule has 4 aliphatic rings. The number of nitrogens with two attached hydrogens (primary N) is 1. The predicted molar refractivity (Wildman–Crippen MR) is 132 cm³/mol. The van der Waals surface area contributed by atoms with E-state index >= 15 is 0 Å². The number of morpholine rings is 1. The molecule has 1 aromatic carbocycles. The fourth-order valence-corrected chi connectivity index (χ4v) is 5.82. The number of nitrogens with zero attached hydrogens (tertiary/aromatic N) is 2. The Kier molecular flexibility index (Phi) is 7.67. The average molecular weight is 507 g/mol. The first-order valence-electron chi connectivity index (χ1n) is 12.7. The Balaban J connectivity index is 1.08. The summed E-state index contributed by atoms with van der Waals surface area (Å²) in [5.41, 5.74) is 7.77. The first-order valence-corrected chi connectivity index (χ1v) is 13.1. The molecule has 4 aliphatic heterocycles. The number of halogens is 1. The molecular weight excluding hydrogens is 472 g/mol. The average Bonchev–Trinajstić information content (AvgIpc) is 3.58. The van der Waals surface area contributed by atoms with Gasteiger partial charge in [0.2, 0.25) is 5.91 Å². The Morgan fingerprint density at radius 2 is 1.97 bits per heavy atom. The number of ether oxygens (including phenoxy) is 3. The number of hydrogen-bond acceptors (Lipinski definition) is 7. The van der Waals surface area contributed by atoms with E-state index in [-0.39, 0.29) is 23.8 Å². The second-order valence-corrected chi connectivity index (χ2v) is 10.4. The minimum Gasteiger partial charge on any atom is -0.492 e. The number of anilines is 1. The summed E-state index contributed by atoms with van der Waals surface area (Å²) in [5.74, 6) is 1.21. The first-order chi connectivity index (χ1) is 17.0. The van der Waals surface area contributed by atoms with Crippen molar-refractivity contribution in [2.24, 2.45) is 11.8 Å². The molecule has 192 valence electrons. The van der Waals surface area contributed by atoms with E-state index in [1.54, 1.807) is 6.07 Å². The fraction of sp³-hybridized carbons (Fsp3) is 0.680. The van der Waals surface area contributed by atoms with Crippen molar-refractivity contribution in [1.82, 2.24) is 15.1 Å². The van der Waals surface area contributed by atoms with Gasteiger partial charge in [-0.2, -0.15) is 0 Å². The molecule has 1 aromatic rings. The highest BCUT2D eigenvalue weighted by atomic mass is 35.5. The Morgan fingerprint density at radius 1 is 1.14 bits per heavy atom. The highest BCUT2D eigenvalue weighted by Gasteiger charge is 2.32.